The quantitative estimate of drug-likeness (QED) is 0.551. The fraction of sp³-hybridized carbons (Fsp3) is 0.769. The Labute approximate surface area is 134 Å². The van der Waals surface area contributed by atoms with Crippen molar-refractivity contribution in [1.82, 2.24) is 15.5 Å². The van der Waals surface area contributed by atoms with Gasteiger partial charge in [0.2, 0.25) is 11.8 Å². The van der Waals surface area contributed by atoms with E-state index in [-0.39, 0.29) is 35.8 Å². The number of carbonyl (C=O) groups excluding carboxylic acids is 3. The maximum Gasteiger partial charge on any atom is 0.315 e. The van der Waals surface area contributed by atoms with Gasteiger partial charge in [0.1, 0.15) is 0 Å². The molecule has 0 bridgehead atoms. The summed E-state index contributed by atoms with van der Waals surface area (Å²) in [6, 6.07) is -0.950. The van der Waals surface area contributed by atoms with Crippen molar-refractivity contribution in [2.75, 3.05) is 31.1 Å². The molecule has 2 aliphatic rings. The maximum absolute atomic E-state index is 12.0. The van der Waals surface area contributed by atoms with Gasteiger partial charge in [0.05, 0.1) is 18.1 Å². The normalized spacial score (nSPS) is 24.2. The highest BCUT2D eigenvalue weighted by Gasteiger charge is 2.29. The predicted molar refractivity (Wildman–Crippen MR) is 82.1 cm³/mol. The average Bonchev–Trinajstić information content (AvgIpc) is 2.83. The zero-order chi connectivity index (χ0) is 17.0. The molecule has 9 nitrogen and oxygen atoms in total. The van der Waals surface area contributed by atoms with Crippen molar-refractivity contribution < 1.29 is 22.8 Å². The number of nitrogens with two attached hydrogens (primary N) is 1. The summed E-state index contributed by atoms with van der Waals surface area (Å²) in [5.74, 6) is -0.761. The molecule has 2 fully saturated rings. The number of nitrogens with zero attached hydrogens (tertiary/aromatic N) is 1. The third-order valence-corrected chi connectivity index (χ3v) is 5.99. The van der Waals surface area contributed by atoms with Crippen LogP contribution in [0, 0.1) is 5.92 Å². The van der Waals surface area contributed by atoms with Crippen molar-refractivity contribution >= 4 is 27.7 Å². The summed E-state index contributed by atoms with van der Waals surface area (Å²) in [7, 11) is -3.06. The lowest BCUT2D eigenvalue weighted by atomic mass is 9.96. The monoisotopic (exact) mass is 346 g/mol. The molecule has 1 atom stereocenters. The van der Waals surface area contributed by atoms with Gasteiger partial charge in [-0.15, -0.1) is 0 Å². The molecule has 2 rings (SSSR count). The summed E-state index contributed by atoms with van der Waals surface area (Å²) < 4.78 is 22.6. The highest BCUT2D eigenvalue weighted by molar-refractivity contribution is 7.91. The van der Waals surface area contributed by atoms with Crippen LogP contribution >= 0.6 is 0 Å². The lowest BCUT2D eigenvalue weighted by Crippen LogP contribution is -2.49. The van der Waals surface area contributed by atoms with Crippen molar-refractivity contribution in [3.63, 3.8) is 0 Å². The van der Waals surface area contributed by atoms with E-state index in [2.05, 4.69) is 10.6 Å². The van der Waals surface area contributed by atoms with Crippen LogP contribution in [0.3, 0.4) is 0 Å². The Balaban J connectivity index is 1.68. The minimum Gasteiger partial charge on any atom is -0.369 e. The topological polar surface area (TPSA) is 139 Å². The number of sulfone groups is 1. The molecule has 23 heavy (non-hydrogen) atoms. The van der Waals surface area contributed by atoms with Crippen molar-refractivity contribution in [2.24, 2.45) is 11.7 Å². The largest absolute Gasteiger partial charge is 0.369 e. The van der Waals surface area contributed by atoms with Gasteiger partial charge in [-0.25, -0.2) is 13.2 Å². The number of carbonyl (C=O) groups is 3. The molecule has 2 saturated heterocycles. The van der Waals surface area contributed by atoms with Crippen LogP contribution in [-0.4, -0.2) is 68.3 Å². The smallest absolute Gasteiger partial charge is 0.315 e. The first kappa shape index (κ1) is 17.5. The first-order valence-corrected chi connectivity index (χ1v) is 9.41. The van der Waals surface area contributed by atoms with Crippen LogP contribution in [0.25, 0.3) is 0 Å². The Kier molecular flexibility index (Phi) is 5.45. The van der Waals surface area contributed by atoms with Crippen LogP contribution in [0.1, 0.15) is 19.3 Å². The van der Waals surface area contributed by atoms with Gasteiger partial charge < -0.3 is 21.3 Å². The Bertz CT molecular complexity index is 583. The lowest BCUT2D eigenvalue weighted by molar-refractivity contribution is -0.133. The van der Waals surface area contributed by atoms with Crippen molar-refractivity contribution in [3.05, 3.63) is 0 Å². The first-order chi connectivity index (χ1) is 10.8. The third-order valence-electron chi connectivity index (χ3n) is 4.22. The molecule has 0 aromatic rings. The Morgan fingerprint density at radius 2 is 1.78 bits per heavy atom. The van der Waals surface area contributed by atoms with E-state index in [9.17, 15) is 22.8 Å². The molecule has 0 aromatic heterocycles. The molecule has 2 heterocycles. The summed E-state index contributed by atoms with van der Waals surface area (Å²) in [6.45, 7) is 0.722. The molecular weight excluding hydrogens is 324 g/mol. The number of nitrogens with one attached hydrogen (secondary N) is 2. The number of urea groups is 1. The Morgan fingerprint density at radius 1 is 1.13 bits per heavy atom. The van der Waals surface area contributed by atoms with Crippen molar-refractivity contribution in [1.29, 1.82) is 0 Å². The predicted octanol–water partition coefficient (Wildman–Crippen LogP) is -1.80. The zero-order valence-electron chi connectivity index (χ0n) is 12.8. The number of hydrogen-bond donors (Lipinski definition) is 3. The van der Waals surface area contributed by atoms with Crippen LogP contribution < -0.4 is 16.4 Å². The summed E-state index contributed by atoms with van der Waals surface area (Å²) >= 11 is 0. The van der Waals surface area contributed by atoms with Crippen LogP contribution in [0.5, 0.6) is 0 Å². The molecule has 0 radical (unpaired) electrons. The van der Waals surface area contributed by atoms with Crippen LogP contribution in [-0.2, 0) is 19.4 Å². The number of amides is 4. The van der Waals surface area contributed by atoms with Gasteiger partial charge in [0, 0.05) is 25.0 Å². The fourth-order valence-corrected chi connectivity index (χ4v) is 4.50. The summed E-state index contributed by atoms with van der Waals surface area (Å²) in [5.41, 5.74) is 5.23. The van der Waals surface area contributed by atoms with Gasteiger partial charge in [-0.1, -0.05) is 0 Å². The van der Waals surface area contributed by atoms with Crippen molar-refractivity contribution in [2.45, 2.75) is 25.3 Å². The molecule has 0 aliphatic carbocycles. The third kappa shape index (κ3) is 5.08. The second-order valence-corrected chi connectivity index (χ2v) is 8.21. The number of rotatable bonds is 4. The fourth-order valence-electron chi connectivity index (χ4n) is 2.83. The number of piperidine rings is 1. The van der Waals surface area contributed by atoms with E-state index in [1.54, 1.807) is 4.90 Å². The minimum absolute atomic E-state index is 0.0605. The summed E-state index contributed by atoms with van der Waals surface area (Å²) in [6.07, 6.45) is 1.46. The van der Waals surface area contributed by atoms with Crippen LogP contribution in [0.4, 0.5) is 4.79 Å². The molecule has 10 heteroatoms. The summed E-state index contributed by atoms with van der Waals surface area (Å²) in [5, 5.41) is 4.99. The molecule has 4 N–H and O–H groups in total. The zero-order valence-corrected chi connectivity index (χ0v) is 13.6. The molecule has 0 saturated carbocycles. The molecule has 0 spiro atoms. The van der Waals surface area contributed by atoms with E-state index in [0.29, 0.717) is 32.4 Å². The van der Waals surface area contributed by atoms with E-state index in [4.69, 9.17) is 5.73 Å². The summed E-state index contributed by atoms with van der Waals surface area (Å²) in [4.78, 5) is 36.3. The number of primary amides is 1. The highest BCUT2D eigenvalue weighted by atomic mass is 32.2. The van der Waals surface area contributed by atoms with Gasteiger partial charge in [-0.2, -0.15) is 0 Å². The van der Waals surface area contributed by atoms with Crippen LogP contribution in [0.15, 0.2) is 0 Å². The van der Waals surface area contributed by atoms with E-state index in [1.165, 1.54) is 0 Å². The number of hydrogen-bond acceptors (Lipinski definition) is 5. The van der Waals surface area contributed by atoms with Gasteiger partial charge >= 0.3 is 6.03 Å². The van der Waals surface area contributed by atoms with E-state index >= 15 is 0 Å². The van der Waals surface area contributed by atoms with Gasteiger partial charge in [0.25, 0.3) is 0 Å². The van der Waals surface area contributed by atoms with E-state index in [1.807, 2.05) is 0 Å². The molecule has 130 valence electrons. The first-order valence-electron chi connectivity index (χ1n) is 7.59. The highest BCUT2D eigenvalue weighted by Crippen LogP contribution is 2.16. The molecule has 0 unspecified atom stereocenters. The Morgan fingerprint density at radius 3 is 2.30 bits per heavy atom. The second-order valence-electron chi connectivity index (χ2n) is 5.98. The maximum atomic E-state index is 12.0. The molecule has 0 aromatic carbocycles. The molecular formula is C13H22N4O5S. The lowest BCUT2D eigenvalue weighted by Gasteiger charge is -2.30. The number of likely N-dealkylation sites (tertiary alicyclic amines) is 1. The second kappa shape index (κ2) is 7.16. The van der Waals surface area contributed by atoms with Gasteiger partial charge in [0.15, 0.2) is 9.84 Å². The molecule has 4 amide bonds. The van der Waals surface area contributed by atoms with E-state index < -0.39 is 21.9 Å². The van der Waals surface area contributed by atoms with E-state index in [0.717, 1.165) is 0 Å². The minimum atomic E-state index is -3.06. The SMILES string of the molecule is NC(=O)C1CCN(C(=O)CNC(=O)N[C@@H]2CCS(=O)(=O)C2)CC1. The van der Waals surface area contributed by atoms with Gasteiger partial charge in [-0.05, 0) is 19.3 Å². The average molecular weight is 346 g/mol. The Hall–Kier alpha value is -1.84. The standard InChI is InChI=1S/C13H22N4O5S/c14-12(19)9-1-4-17(5-2-9)11(18)7-15-13(20)16-10-3-6-23(21,22)8-10/h9-10H,1-8H2,(H2,14,19)(H2,15,16,20)/t10-/m1/s1. The molecule has 2 aliphatic heterocycles. The van der Waals surface area contributed by atoms with Gasteiger partial charge in [-0.3, -0.25) is 9.59 Å². The van der Waals surface area contributed by atoms with Crippen molar-refractivity contribution in [3.8, 4) is 0 Å². The van der Waals surface area contributed by atoms with Crippen LogP contribution in [0.2, 0.25) is 0 Å².